The number of hydrogen-bond acceptors (Lipinski definition) is 2. The van der Waals surface area contributed by atoms with Crippen LogP contribution in [-0.4, -0.2) is 6.61 Å². The molecule has 0 saturated heterocycles. The van der Waals surface area contributed by atoms with Crippen LogP contribution in [0.4, 0.5) is 0 Å². The smallest absolute Gasteiger partial charge is 0.133 e. The van der Waals surface area contributed by atoms with Crippen LogP contribution in [0.5, 0.6) is 5.75 Å². The van der Waals surface area contributed by atoms with Gasteiger partial charge < -0.3 is 9.15 Å². The zero-order valence-electron chi connectivity index (χ0n) is 12.1. The average Bonchev–Trinajstić information content (AvgIpc) is 2.65. The summed E-state index contributed by atoms with van der Waals surface area (Å²) in [6.07, 6.45) is 0. The van der Waals surface area contributed by atoms with Gasteiger partial charge in [-0.3, -0.25) is 0 Å². The summed E-state index contributed by atoms with van der Waals surface area (Å²) in [5.74, 6) is 2.81. The first-order valence-electron chi connectivity index (χ1n) is 6.58. The third kappa shape index (κ3) is 2.96. The number of rotatable bonds is 4. The molecule has 108 valence electrons. The Bertz CT molecular complexity index is 617. The zero-order valence-corrected chi connectivity index (χ0v) is 15.3. The minimum atomic E-state index is 0.118. The fraction of sp³-hybridized carbons (Fsp3) is 0.375. The van der Waals surface area contributed by atoms with Crippen molar-refractivity contribution in [2.24, 2.45) is 0 Å². The Balaban J connectivity index is 2.38. The number of ether oxygens (including phenoxy) is 1. The maximum Gasteiger partial charge on any atom is 0.133 e. The summed E-state index contributed by atoms with van der Waals surface area (Å²) in [5.41, 5.74) is 3.58. The summed E-state index contributed by atoms with van der Waals surface area (Å²) >= 11 is 7.35. The van der Waals surface area contributed by atoms with E-state index in [-0.39, 0.29) is 4.83 Å². The lowest BCUT2D eigenvalue weighted by atomic mass is 10.0. The number of furan rings is 1. The number of hydrogen-bond donors (Lipinski definition) is 0. The van der Waals surface area contributed by atoms with Gasteiger partial charge in [-0.05, 0) is 66.9 Å². The molecule has 1 unspecified atom stereocenters. The molecule has 1 aromatic heterocycles. The monoisotopic (exact) mass is 400 g/mol. The molecular weight excluding hydrogens is 384 g/mol. The molecule has 0 aliphatic rings. The lowest BCUT2D eigenvalue weighted by Gasteiger charge is -2.13. The predicted octanol–water partition coefficient (Wildman–Crippen LogP) is 5.85. The van der Waals surface area contributed by atoms with E-state index >= 15 is 0 Å². The van der Waals surface area contributed by atoms with Crippen LogP contribution in [0.2, 0.25) is 0 Å². The van der Waals surface area contributed by atoms with Gasteiger partial charge in [0.15, 0.2) is 0 Å². The Morgan fingerprint density at radius 3 is 2.40 bits per heavy atom. The van der Waals surface area contributed by atoms with Crippen LogP contribution in [0.3, 0.4) is 0 Å². The van der Waals surface area contributed by atoms with Crippen molar-refractivity contribution < 1.29 is 9.15 Å². The largest absolute Gasteiger partial charge is 0.493 e. The van der Waals surface area contributed by atoms with E-state index in [0.29, 0.717) is 6.61 Å². The second kappa shape index (κ2) is 6.35. The SMILES string of the molecule is CCOc1ccc(C(Br)c2c(C)oc(C)c2C)cc1Br. The average molecular weight is 402 g/mol. The van der Waals surface area contributed by atoms with E-state index in [0.717, 1.165) is 21.7 Å². The molecule has 20 heavy (non-hydrogen) atoms. The van der Waals surface area contributed by atoms with Crippen molar-refractivity contribution in [3.8, 4) is 5.75 Å². The molecule has 0 aliphatic heterocycles. The third-order valence-corrected chi connectivity index (χ3v) is 5.03. The highest BCUT2D eigenvalue weighted by Gasteiger charge is 2.21. The molecular formula is C16H18Br2O2. The first-order valence-corrected chi connectivity index (χ1v) is 8.29. The molecule has 0 N–H and O–H groups in total. The molecule has 0 spiro atoms. The molecule has 2 aromatic rings. The van der Waals surface area contributed by atoms with Crippen LogP contribution in [-0.2, 0) is 0 Å². The van der Waals surface area contributed by atoms with Crippen LogP contribution >= 0.6 is 31.9 Å². The van der Waals surface area contributed by atoms with Gasteiger partial charge in [0.1, 0.15) is 17.3 Å². The summed E-state index contributed by atoms with van der Waals surface area (Å²) in [6.45, 7) is 8.75. The number of halogens is 2. The van der Waals surface area contributed by atoms with E-state index < -0.39 is 0 Å². The molecule has 0 saturated carbocycles. The quantitative estimate of drug-likeness (QED) is 0.599. The molecule has 0 aliphatic carbocycles. The van der Waals surface area contributed by atoms with Crippen LogP contribution in [0.1, 0.15) is 40.0 Å². The molecule has 0 radical (unpaired) electrons. The van der Waals surface area contributed by atoms with Crippen molar-refractivity contribution in [3.05, 3.63) is 50.9 Å². The second-order valence-corrected chi connectivity index (χ2v) is 6.51. The topological polar surface area (TPSA) is 22.4 Å². The fourth-order valence-electron chi connectivity index (χ4n) is 2.30. The number of alkyl halides is 1. The molecule has 1 atom stereocenters. The zero-order chi connectivity index (χ0) is 14.9. The molecule has 0 amide bonds. The van der Waals surface area contributed by atoms with Crippen molar-refractivity contribution in [1.29, 1.82) is 0 Å². The maximum absolute atomic E-state index is 5.71. The summed E-state index contributed by atoms with van der Waals surface area (Å²) in [4.78, 5) is 0.118. The van der Waals surface area contributed by atoms with E-state index in [1.165, 1.54) is 16.7 Å². The van der Waals surface area contributed by atoms with Gasteiger partial charge >= 0.3 is 0 Å². The van der Waals surface area contributed by atoms with Gasteiger partial charge in [0.2, 0.25) is 0 Å². The van der Waals surface area contributed by atoms with Crippen molar-refractivity contribution in [2.45, 2.75) is 32.5 Å². The Labute approximate surface area is 136 Å². The van der Waals surface area contributed by atoms with E-state index in [4.69, 9.17) is 9.15 Å². The van der Waals surface area contributed by atoms with E-state index in [1.54, 1.807) is 0 Å². The predicted molar refractivity (Wildman–Crippen MR) is 89.0 cm³/mol. The van der Waals surface area contributed by atoms with Crippen molar-refractivity contribution in [2.75, 3.05) is 6.61 Å². The van der Waals surface area contributed by atoms with E-state index in [1.807, 2.05) is 26.8 Å². The van der Waals surface area contributed by atoms with Gasteiger partial charge in [-0.25, -0.2) is 0 Å². The summed E-state index contributed by atoms with van der Waals surface area (Å²) in [6, 6.07) is 6.16. The highest BCUT2D eigenvalue weighted by atomic mass is 79.9. The standard InChI is InChI=1S/C16H18Br2O2/c1-5-19-14-7-6-12(8-13(14)17)16(18)15-9(2)10(3)20-11(15)4/h6-8,16H,5H2,1-4H3. The summed E-state index contributed by atoms with van der Waals surface area (Å²) < 4.78 is 12.2. The molecule has 1 heterocycles. The second-order valence-electron chi connectivity index (χ2n) is 4.74. The van der Waals surface area contributed by atoms with Gasteiger partial charge in [0.25, 0.3) is 0 Å². The van der Waals surface area contributed by atoms with Gasteiger partial charge in [0, 0.05) is 5.56 Å². The van der Waals surface area contributed by atoms with Crippen molar-refractivity contribution >= 4 is 31.9 Å². The molecule has 4 heteroatoms. The van der Waals surface area contributed by atoms with Crippen molar-refractivity contribution in [1.82, 2.24) is 0 Å². The lowest BCUT2D eigenvalue weighted by Crippen LogP contribution is -1.98. The molecule has 0 fully saturated rings. The highest BCUT2D eigenvalue weighted by Crippen LogP contribution is 2.39. The number of benzene rings is 1. The Morgan fingerprint density at radius 2 is 1.90 bits per heavy atom. The van der Waals surface area contributed by atoms with Gasteiger partial charge in [0.05, 0.1) is 15.9 Å². The Morgan fingerprint density at radius 1 is 1.20 bits per heavy atom. The van der Waals surface area contributed by atoms with Crippen LogP contribution in [0.15, 0.2) is 27.1 Å². The molecule has 2 nitrogen and oxygen atoms in total. The van der Waals surface area contributed by atoms with Crippen LogP contribution in [0.25, 0.3) is 0 Å². The molecule has 0 bridgehead atoms. The maximum atomic E-state index is 5.71. The summed E-state index contributed by atoms with van der Waals surface area (Å²) in [5, 5.41) is 0. The lowest BCUT2D eigenvalue weighted by molar-refractivity contribution is 0.338. The Kier molecular flexibility index (Phi) is 4.97. The first-order chi connectivity index (χ1) is 9.45. The fourth-order valence-corrected chi connectivity index (χ4v) is 3.76. The normalized spacial score (nSPS) is 12.5. The molecule has 2 rings (SSSR count). The van der Waals surface area contributed by atoms with E-state index in [9.17, 15) is 0 Å². The van der Waals surface area contributed by atoms with Gasteiger partial charge in [-0.1, -0.05) is 22.0 Å². The van der Waals surface area contributed by atoms with E-state index in [2.05, 4.69) is 50.9 Å². The minimum Gasteiger partial charge on any atom is -0.493 e. The molecule has 1 aromatic carbocycles. The first kappa shape index (κ1) is 15.6. The number of aryl methyl sites for hydroxylation is 2. The summed E-state index contributed by atoms with van der Waals surface area (Å²) in [7, 11) is 0. The third-order valence-electron chi connectivity index (χ3n) is 3.42. The Hall–Kier alpha value is -0.740. The van der Waals surface area contributed by atoms with Crippen LogP contribution in [0, 0.1) is 20.8 Å². The highest BCUT2D eigenvalue weighted by molar-refractivity contribution is 9.10. The van der Waals surface area contributed by atoms with Crippen LogP contribution < -0.4 is 4.74 Å². The van der Waals surface area contributed by atoms with Gasteiger partial charge in [-0.2, -0.15) is 0 Å². The van der Waals surface area contributed by atoms with Gasteiger partial charge in [-0.15, -0.1) is 0 Å². The van der Waals surface area contributed by atoms with Crippen molar-refractivity contribution in [3.63, 3.8) is 0 Å². The minimum absolute atomic E-state index is 0.118.